The molecule has 2 amide bonds. The summed E-state index contributed by atoms with van der Waals surface area (Å²) in [5.74, 6) is 1.39. The van der Waals surface area contributed by atoms with Crippen LogP contribution in [0.1, 0.15) is 62.7 Å². The van der Waals surface area contributed by atoms with Gasteiger partial charge in [-0.1, -0.05) is 12.1 Å². The summed E-state index contributed by atoms with van der Waals surface area (Å²) in [5.41, 5.74) is 1.09. The van der Waals surface area contributed by atoms with Gasteiger partial charge in [-0.15, -0.1) is 0 Å². The van der Waals surface area contributed by atoms with Crippen molar-refractivity contribution in [3.05, 3.63) is 41.9 Å². The van der Waals surface area contributed by atoms with Crippen LogP contribution in [0, 0.1) is 6.92 Å². The van der Waals surface area contributed by atoms with E-state index in [2.05, 4.69) is 9.88 Å². The number of carbonyl (C=O) groups excluding carboxylic acids is 2. The summed E-state index contributed by atoms with van der Waals surface area (Å²) in [5, 5.41) is 0. The monoisotopic (exact) mass is 425 g/mol. The summed E-state index contributed by atoms with van der Waals surface area (Å²) < 4.78 is 11.1. The van der Waals surface area contributed by atoms with Crippen molar-refractivity contribution < 1.29 is 18.7 Å². The van der Waals surface area contributed by atoms with E-state index in [-0.39, 0.29) is 18.0 Å². The highest BCUT2D eigenvalue weighted by Gasteiger charge is 2.39. The van der Waals surface area contributed by atoms with Crippen molar-refractivity contribution in [2.75, 3.05) is 13.1 Å². The number of amides is 2. The number of aromatic nitrogens is 1. The summed E-state index contributed by atoms with van der Waals surface area (Å²) in [4.78, 5) is 33.7. The van der Waals surface area contributed by atoms with Crippen molar-refractivity contribution in [1.82, 2.24) is 14.8 Å². The molecule has 2 fully saturated rings. The van der Waals surface area contributed by atoms with Crippen LogP contribution in [0.25, 0.3) is 11.3 Å². The number of rotatable bonds is 4. The zero-order chi connectivity index (χ0) is 22.2. The first-order valence-electron chi connectivity index (χ1n) is 11.0. The fraction of sp³-hybridized carbons (Fsp3) is 0.542. The highest BCUT2D eigenvalue weighted by Crippen LogP contribution is 2.34. The Hall–Kier alpha value is -2.83. The Kier molecular flexibility index (Phi) is 5.77. The number of ether oxygens (including phenoxy) is 1. The maximum Gasteiger partial charge on any atom is 0.410 e. The largest absolute Gasteiger partial charge is 0.444 e. The van der Waals surface area contributed by atoms with Crippen molar-refractivity contribution in [3.63, 3.8) is 0 Å². The molecule has 0 radical (unpaired) electrons. The van der Waals surface area contributed by atoms with Gasteiger partial charge in [-0.3, -0.25) is 4.79 Å². The van der Waals surface area contributed by atoms with Crippen LogP contribution < -0.4 is 0 Å². The van der Waals surface area contributed by atoms with Crippen molar-refractivity contribution in [2.24, 2.45) is 0 Å². The molecule has 1 aromatic heterocycles. The number of likely N-dealkylation sites (tertiary alicyclic amines) is 1. The standard InChI is InChI=1S/C24H31N3O4/c1-16-25-15-21(30-16)17-5-7-18(8-6-17)22(28)27(19-9-10-19)20-11-13-26(14-12-20)23(29)31-24(2,3)4/h5-8,15,19-20H,9-14H2,1-4H3. The number of benzene rings is 1. The van der Waals surface area contributed by atoms with E-state index in [1.165, 1.54) is 0 Å². The molecule has 0 spiro atoms. The molecule has 166 valence electrons. The molecular weight excluding hydrogens is 394 g/mol. The predicted molar refractivity (Wildman–Crippen MR) is 117 cm³/mol. The average molecular weight is 426 g/mol. The Morgan fingerprint density at radius 3 is 2.19 bits per heavy atom. The fourth-order valence-corrected chi connectivity index (χ4v) is 4.06. The second-order valence-corrected chi connectivity index (χ2v) is 9.46. The van der Waals surface area contributed by atoms with Crippen LogP contribution in [-0.2, 0) is 4.74 Å². The lowest BCUT2D eigenvalue weighted by Crippen LogP contribution is -2.50. The Balaban J connectivity index is 1.41. The molecule has 0 unspecified atom stereocenters. The number of hydrogen-bond donors (Lipinski definition) is 0. The van der Waals surface area contributed by atoms with E-state index in [4.69, 9.17) is 9.15 Å². The maximum absolute atomic E-state index is 13.4. The number of carbonyl (C=O) groups is 2. The SMILES string of the molecule is Cc1ncc(-c2ccc(C(=O)N(C3CC3)C3CCN(C(=O)OC(C)(C)C)CC3)cc2)o1. The Bertz CT molecular complexity index is 932. The molecule has 2 aliphatic rings. The molecule has 2 aromatic rings. The van der Waals surface area contributed by atoms with Crippen molar-refractivity contribution >= 4 is 12.0 Å². The second kappa shape index (κ2) is 8.36. The number of oxazole rings is 1. The minimum absolute atomic E-state index is 0.0681. The Morgan fingerprint density at radius 2 is 1.68 bits per heavy atom. The molecule has 2 heterocycles. The van der Waals surface area contributed by atoms with Crippen LogP contribution in [0.3, 0.4) is 0 Å². The first-order chi connectivity index (χ1) is 14.7. The van der Waals surface area contributed by atoms with Gasteiger partial charge < -0.3 is 19.0 Å². The summed E-state index contributed by atoms with van der Waals surface area (Å²) in [6.45, 7) is 8.66. The van der Waals surface area contributed by atoms with Crippen molar-refractivity contribution in [1.29, 1.82) is 0 Å². The number of hydrogen-bond acceptors (Lipinski definition) is 5. The van der Waals surface area contributed by atoms with Gasteiger partial charge in [-0.25, -0.2) is 9.78 Å². The lowest BCUT2D eigenvalue weighted by atomic mass is 10.0. The first-order valence-corrected chi connectivity index (χ1v) is 11.0. The second-order valence-electron chi connectivity index (χ2n) is 9.46. The molecule has 31 heavy (non-hydrogen) atoms. The normalized spacial score (nSPS) is 17.5. The van der Waals surface area contributed by atoms with E-state index in [9.17, 15) is 9.59 Å². The van der Waals surface area contributed by atoms with Gasteiger partial charge in [0, 0.05) is 43.2 Å². The van der Waals surface area contributed by atoms with E-state index >= 15 is 0 Å². The summed E-state index contributed by atoms with van der Waals surface area (Å²) >= 11 is 0. The van der Waals surface area contributed by atoms with E-state index in [0.717, 1.165) is 31.2 Å². The molecule has 1 aliphatic carbocycles. The smallest absolute Gasteiger partial charge is 0.410 e. The van der Waals surface area contributed by atoms with Crippen LogP contribution in [-0.4, -0.2) is 57.6 Å². The van der Waals surface area contributed by atoms with Gasteiger partial charge >= 0.3 is 6.09 Å². The molecule has 0 atom stereocenters. The van der Waals surface area contributed by atoms with Crippen LogP contribution in [0.4, 0.5) is 4.79 Å². The molecule has 1 aliphatic heterocycles. The van der Waals surface area contributed by atoms with E-state index in [0.29, 0.717) is 36.3 Å². The quantitative estimate of drug-likeness (QED) is 0.712. The third kappa shape index (κ3) is 5.09. The van der Waals surface area contributed by atoms with Crippen LogP contribution in [0.2, 0.25) is 0 Å². The number of piperidine rings is 1. The maximum atomic E-state index is 13.4. The molecule has 1 saturated carbocycles. The summed E-state index contributed by atoms with van der Waals surface area (Å²) in [7, 11) is 0. The lowest BCUT2D eigenvalue weighted by Gasteiger charge is -2.39. The number of nitrogens with zero attached hydrogens (tertiary/aromatic N) is 3. The van der Waals surface area contributed by atoms with Crippen molar-refractivity contribution in [2.45, 2.75) is 71.1 Å². The summed E-state index contributed by atoms with van der Waals surface area (Å²) in [6.07, 6.45) is 5.07. The third-order valence-corrected chi connectivity index (χ3v) is 5.72. The van der Waals surface area contributed by atoms with Crippen LogP contribution in [0.15, 0.2) is 34.9 Å². The molecular formula is C24H31N3O4. The Labute approximate surface area is 183 Å². The minimum atomic E-state index is -0.499. The molecule has 1 aromatic carbocycles. The van der Waals surface area contributed by atoms with Gasteiger partial charge in [0.2, 0.25) is 0 Å². The molecule has 4 rings (SSSR count). The topological polar surface area (TPSA) is 75.9 Å². The zero-order valence-corrected chi connectivity index (χ0v) is 18.8. The van der Waals surface area contributed by atoms with Gasteiger partial charge in [-0.2, -0.15) is 0 Å². The fourth-order valence-electron chi connectivity index (χ4n) is 4.06. The zero-order valence-electron chi connectivity index (χ0n) is 18.8. The molecule has 1 saturated heterocycles. The van der Waals surface area contributed by atoms with E-state index in [1.54, 1.807) is 11.1 Å². The van der Waals surface area contributed by atoms with Gasteiger partial charge in [0.05, 0.1) is 6.20 Å². The van der Waals surface area contributed by atoms with E-state index in [1.807, 2.05) is 52.0 Å². The average Bonchev–Trinajstić information content (AvgIpc) is 3.46. The highest BCUT2D eigenvalue weighted by molar-refractivity contribution is 5.95. The van der Waals surface area contributed by atoms with Gasteiger partial charge in [0.15, 0.2) is 11.7 Å². The van der Waals surface area contributed by atoms with Crippen LogP contribution in [0.5, 0.6) is 0 Å². The molecule has 7 heteroatoms. The molecule has 0 N–H and O–H groups in total. The van der Waals surface area contributed by atoms with Gasteiger partial charge in [0.1, 0.15) is 5.60 Å². The van der Waals surface area contributed by atoms with Gasteiger partial charge in [-0.05, 0) is 58.6 Å². The third-order valence-electron chi connectivity index (χ3n) is 5.72. The number of aryl methyl sites for hydroxylation is 1. The molecule has 0 bridgehead atoms. The first kappa shape index (κ1) is 21.4. The van der Waals surface area contributed by atoms with Crippen LogP contribution >= 0.6 is 0 Å². The lowest BCUT2D eigenvalue weighted by molar-refractivity contribution is 0.0142. The molecule has 7 nitrogen and oxygen atoms in total. The minimum Gasteiger partial charge on any atom is -0.444 e. The highest BCUT2D eigenvalue weighted by atomic mass is 16.6. The van der Waals surface area contributed by atoms with E-state index < -0.39 is 5.60 Å². The van der Waals surface area contributed by atoms with Gasteiger partial charge in [0.25, 0.3) is 5.91 Å². The van der Waals surface area contributed by atoms with Crippen molar-refractivity contribution in [3.8, 4) is 11.3 Å². The predicted octanol–water partition coefficient (Wildman–Crippen LogP) is 4.65. The Morgan fingerprint density at radius 1 is 1.06 bits per heavy atom. The summed E-state index contributed by atoms with van der Waals surface area (Å²) in [6, 6.07) is 7.99.